The van der Waals surface area contributed by atoms with Crippen molar-refractivity contribution in [2.24, 2.45) is 0 Å². The van der Waals surface area contributed by atoms with Crippen LogP contribution in [-0.2, 0) is 28.6 Å². The third-order valence-corrected chi connectivity index (χ3v) is 13.1. The molecule has 0 unspecified atom stereocenters. The van der Waals surface area contributed by atoms with Crippen molar-refractivity contribution in [3.8, 4) is 0 Å². The lowest BCUT2D eigenvalue weighted by atomic mass is 10.0. The highest BCUT2D eigenvalue weighted by Gasteiger charge is 2.19. The van der Waals surface area contributed by atoms with Crippen molar-refractivity contribution in [3.05, 3.63) is 36.5 Å². The van der Waals surface area contributed by atoms with E-state index in [4.69, 9.17) is 14.2 Å². The molecule has 0 N–H and O–H groups in total. The quantitative estimate of drug-likeness (QED) is 0.0262. The van der Waals surface area contributed by atoms with Gasteiger partial charge in [-0.15, -0.1) is 0 Å². The average molecular weight is 942 g/mol. The van der Waals surface area contributed by atoms with E-state index >= 15 is 0 Å². The minimum absolute atomic E-state index is 0.0754. The SMILES string of the molecule is CCCCC/C=C\C/C=C\CCCCCCCCCC(=O)OC[C@@H](COC(=O)CCCCCCC/C=C\CCCCCCCC)OC(=O)CCCCCCCCCCCCCCCCCCC. The summed E-state index contributed by atoms with van der Waals surface area (Å²) >= 11 is 0. The Morgan fingerprint density at radius 2 is 0.537 bits per heavy atom. The molecule has 0 aliphatic rings. The minimum Gasteiger partial charge on any atom is -0.462 e. The summed E-state index contributed by atoms with van der Waals surface area (Å²) < 4.78 is 16.9. The fourth-order valence-corrected chi connectivity index (χ4v) is 8.65. The van der Waals surface area contributed by atoms with Crippen molar-refractivity contribution >= 4 is 17.9 Å². The summed E-state index contributed by atoms with van der Waals surface area (Å²) in [5.74, 6) is -0.872. The lowest BCUT2D eigenvalue weighted by Crippen LogP contribution is -2.30. The maximum atomic E-state index is 12.9. The van der Waals surface area contributed by atoms with E-state index in [2.05, 4.69) is 57.2 Å². The van der Waals surface area contributed by atoms with Crippen LogP contribution in [0.15, 0.2) is 36.5 Å². The molecule has 67 heavy (non-hydrogen) atoms. The van der Waals surface area contributed by atoms with Gasteiger partial charge in [0, 0.05) is 19.3 Å². The van der Waals surface area contributed by atoms with Gasteiger partial charge < -0.3 is 14.2 Å². The van der Waals surface area contributed by atoms with Crippen LogP contribution >= 0.6 is 0 Å². The molecule has 0 aromatic rings. The molecule has 1 atom stereocenters. The molecule has 0 aromatic heterocycles. The van der Waals surface area contributed by atoms with Crippen LogP contribution in [-0.4, -0.2) is 37.2 Å². The second-order valence-electron chi connectivity index (χ2n) is 19.9. The summed E-state index contributed by atoms with van der Waals surface area (Å²) in [6, 6.07) is 0. The van der Waals surface area contributed by atoms with Gasteiger partial charge in [-0.25, -0.2) is 0 Å². The van der Waals surface area contributed by atoms with E-state index in [9.17, 15) is 14.4 Å². The van der Waals surface area contributed by atoms with Gasteiger partial charge in [0.05, 0.1) is 0 Å². The molecule has 0 amide bonds. The lowest BCUT2D eigenvalue weighted by molar-refractivity contribution is -0.167. The second kappa shape index (κ2) is 56.2. The predicted octanol–water partition coefficient (Wildman–Crippen LogP) is 19.7. The Morgan fingerprint density at radius 1 is 0.299 bits per heavy atom. The van der Waals surface area contributed by atoms with Crippen LogP contribution in [0, 0.1) is 0 Å². The monoisotopic (exact) mass is 941 g/mol. The van der Waals surface area contributed by atoms with Gasteiger partial charge in [-0.1, -0.05) is 256 Å². The zero-order valence-electron chi connectivity index (χ0n) is 44.9. The maximum Gasteiger partial charge on any atom is 0.306 e. The number of rotatable bonds is 54. The van der Waals surface area contributed by atoms with Gasteiger partial charge >= 0.3 is 17.9 Å². The molecule has 0 aliphatic carbocycles. The fraction of sp³-hybridized carbons (Fsp3) is 0.852. The molecule has 0 saturated carbocycles. The first-order chi connectivity index (χ1) is 33.0. The Balaban J connectivity index is 4.36. The smallest absolute Gasteiger partial charge is 0.306 e. The summed E-state index contributed by atoms with van der Waals surface area (Å²) in [4.78, 5) is 38.2. The summed E-state index contributed by atoms with van der Waals surface area (Å²) in [6.45, 7) is 6.64. The molecule has 392 valence electrons. The Hall–Kier alpha value is -2.37. The molecular formula is C61H112O6. The first-order valence-electron chi connectivity index (χ1n) is 29.5. The minimum atomic E-state index is -0.776. The zero-order valence-corrected chi connectivity index (χ0v) is 44.9. The predicted molar refractivity (Wildman–Crippen MR) is 289 cm³/mol. The number of allylic oxidation sites excluding steroid dienone is 6. The number of hydrogen-bond acceptors (Lipinski definition) is 6. The molecule has 0 aliphatic heterocycles. The Kier molecular flexibility index (Phi) is 54.2. The van der Waals surface area contributed by atoms with Crippen LogP contribution in [0.3, 0.4) is 0 Å². The standard InChI is InChI=1S/C61H112O6/c1-4-7-10-13-16-19-22-25-28-30-33-36-39-42-45-48-51-54-60(63)66-57-58(56-65-59(62)53-50-47-44-41-38-35-32-27-24-21-18-15-12-9-6-3)67-61(64)55-52-49-46-43-40-37-34-31-29-26-23-20-17-14-11-8-5-2/h16,19,25,27-28,32,58H,4-15,17-18,20-24,26,29-31,33-57H2,1-3H3/b19-16-,28-25-,32-27-/t58-/m1/s1. The van der Waals surface area contributed by atoms with Gasteiger partial charge in [0.2, 0.25) is 0 Å². The lowest BCUT2D eigenvalue weighted by Gasteiger charge is -2.18. The number of carbonyl (C=O) groups excluding carboxylic acids is 3. The van der Waals surface area contributed by atoms with Gasteiger partial charge in [-0.3, -0.25) is 14.4 Å². The highest BCUT2D eigenvalue weighted by atomic mass is 16.6. The molecule has 0 spiro atoms. The first-order valence-corrected chi connectivity index (χ1v) is 29.5. The van der Waals surface area contributed by atoms with E-state index in [1.54, 1.807) is 0 Å². The number of carbonyl (C=O) groups is 3. The fourth-order valence-electron chi connectivity index (χ4n) is 8.65. The highest BCUT2D eigenvalue weighted by Crippen LogP contribution is 2.16. The van der Waals surface area contributed by atoms with Crippen LogP contribution in [0.25, 0.3) is 0 Å². The van der Waals surface area contributed by atoms with Gasteiger partial charge in [0.1, 0.15) is 13.2 Å². The average Bonchev–Trinajstić information content (AvgIpc) is 3.33. The van der Waals surface area contributed by atoms with Crippen LogP contribution in [0.2, 0.25) is 0 Å². The van der Waals surface area contributed by atoms with E-state index in [-0.39, 0.29) is 31.1 Å². The molecule has 0 fully saturated rings. The molecule has 6 heteroatoms. The van der Waals surface area contributed by atoms with E-state index in [0.29, 0.717) is 19.3 Å². The number of ether oxygens (including phenoxy) is 3. The van der Waals surface area contributed by atoms with Crippen molar-refractivity contribution < 1.29 is 28.6 Å². The molecule has 0 radical (unpaired) electrons. The molecule has 6 nitrogen and oxygen atoms in total. The van der Waals surface area contributed by atoms with Crippen molar-refractivity contribution in [3.63, 3.8) is 0 Å². The number of esters is 3. The molecule has 0 heterocycles. The van der Waals surface area contributed by atoms with E-state index < -0.39 is 6.10 Å². The third kappa shape index (κ3) is 54.4. The summed E-state index contributed by atoms with van der Waals surface area (Å²) in [7, 11) is 0. The van der Waals surface area contributed by atoms with Gasteiger partial charge in [-0.2, -0.15) is 0 Å². The highest BCUT2D eigenvalue weighted by molar-refractivity contribution is 5.71. The van der Waals surface area contributed by atoms with Crippen molar-refractivity contribution in [1.82, 2.24) is 0 Å². The van der Waals surface area contributed by atoms with Crippen LogP contribution in [0.5, 0.6) is 0 Å². The van der Waals surface area contributed by atoms with Gasteiger partial charge in [-0.05, 0) is 77.0 Å². The first kappa shape index (κ1) is 64.6. The topological polar surface area (TPSA) is 78.9 Å². The maximum absolute atomic E-state index is 12.9. The summed E-state index contributed by atoms with van der Waals surface area (Å²) in [5, 5.41) is 0. The van der Waals surface area contributed by atoms with Crippen LogP contribution in [0.4, 0.5) is 0 Å². The third-order valence-electron chi connectivity index (χ3n) is 13.1. The van der Waals surface area contributed by atoms with Crippen LogP contribution in [0.1, 0.15) is 316 Å². The van der Waals surface area contributed by atoms with E-state index in [1.165, 1.54) is 199 Å². The van der Waals surface area contributed by atoms with Crippen molar-refractivity contribution in [1.29, 1.82) is 0 Å². The number of hydrogen-bond donors (Lipinski definition) is 0. The largest absolute Gasteiger partial charge is 0.462 e. The number of unbranched alkanes of at least 4 members (excludes halogenated alkanes) is 37. The van der Waals surface area contributed by atoms with Crippen LogP contribution < -0.4 is 0 Å². The van der Waals surface area contributed by atoms with Crippen molar-refractivity contribution in [2.75, 3.05) is 13.2 Å². The second-order valence-corrected chi connectivity index (χ2v) is 19.9. The van der Waals surface area contributed by atoms with Crippen molar-refractivity contribution in [2.45, 2.75) is 322 Å². The van der Waals surface area contributed by atoms with E-state index in [1.807, 2.05) is 0 Å². The molecular weight excluding hydrogens is 829 g/mol. The summed E-state index contributed by atoms with van der Waals surface area (Å²) in [5.41, 5.74) is 0. The van der Waals surface area contributed by atoms with E-state index in [0.717, 1.165) is 77.0 Å². The zero-order chi connectivity index (χ0) is 48.6. The Labute approximate surface area is 416 Å². The summed E-state index contributed by atoms with van der Waals surface area (Å²) in [6.07, 6.45) is 67.0. The normalized spacial score (nSPS) is 12.2. The Morgan fingerprint density at radius 3 is 0.866 bits per heavy atom. The molecule has 0 saturated heterocycles. The Bertz CT molecular complexity index is 1130. The van der Waals surface area contributed by atoms with Gasteiger partial charge in [0.15, 0.2) is 6.10 Å². The molecule has 0 rings (SSSR count). The van der Waals surface area contributed by atoms with Gasteiger partial charge in [0.25, 0.3) is 0 Å². The molecule has 0 bridgehead atoms. The molecule has 0 aromatic carbocycles.